The van der Waals surface area contributed by atoms with Gasteiger partial charge in [0.1, 0.15) is 0 Å². The molecule has 0 spiro atoms. The molecule has 212 valence electrons. The lowest BCUT2D eigenvalue weighted by molar-refractivity contribution is 0.204. The molecule has 1 N–H and O–H groups in total. The molecule has 0 rings (SSSR count). The zero-order valence-corrected chi connectivity index (χ0v) is 24.9. The lowest BCUT2D eigenvalue weighted by Crippen LogP contribution is -2.06. The van der Waals surface area contributed by atoms with E-state index in [-0.39, 0.29) is 0 Å². The second-order valence-corrected chi connectivity index (χ2v) is 11.8. The molecule has 0 saturated heterocycles. The quantitative estimate of drug-likeness (QED) is 0.0950. The molecule has 0 heterocycles. The Morgan fingerprint density at radius 1 is 0.314 bits per heavy atom. The first-order chi connectivity index (χ1) is 17.3. The fourth-order valence-electron chi connectivity index (χ4n) is 5.58. The van der Waals surface area contributed by atoms with E-state index < -0.39 is 0 Å². The van der Waals surface area contributed by atoms with Gasteiger partial charge in [-0.15, -0.1) is 0 Å². The fraction of sp³-hybridized carbons (Fsp3) is 1.00. The fourth-order valence-corrected chi connectivity index (χ4v) is 5.58. The summed E-state index contributed by atoms with van der Waals surface area (Å²) in [6.07, 6.45) is 42.5. The van der Waals surface area contributed by atoms with Crippen molar-refractivity contribution >= 4 is 0 Å². The van der Waals surface area contributed by atoms with Gasteiger partial charge in [0.15, 0.2) is 0 Å². The minimum absolute atomic E-state index is 0.414. The highest BCUT2D eigenvalue weighted by Crippen LogP contribution is 2.20. The molecule has 0 aromatic rings. The third-order valence-electron chi connectivity index (χ3n) is 8.19. The molecule has 0 aromatic heterocycles. The van der Waals surface area contributed by atoms with E-state index in [1.165, 1.54) is 193 Å². The van der Waals surface area contributed by atoms with Gasteiger partial charge in [-0.1, -0.05) is 194 Å². The molecule has 0 aliphatic carbocycles. The van der Waals surface area contributed by atoms with Crippen molar-refractivity contribution in [3.05, 3.63) is 0 Å². The van der Waals surface area contributed by atoms with E-state index in [9.17, 15) is 5.11 Å². The first-order valence-corrected chi connectivity index (χ1v) is 17.0. The number of aliphatic hydroxyl groups is 1. The van der Waals surface area contributed by atoms with Crippen LogP contribution < -0.4 is 0 Å². The van der Waals surface area contributed by atoms with Crippen LogP contribution in [0.1, 0.15) is 206 Å². The minimum atomic E-state index is 0.414. The lowest BCUT2D eigenvalue weighted by atomic mass is 9.94. The van der Waals surface area contributed by atoms with Crippen LogP contribution in [0.4, 0.5) is 0 Å². The van der Waals surface area contributed by atoms with Crippen LogP contribution in [0, 0.1) is 5.92 Å². The second kappa shape index (κ2) is 32.0. The van der Waals surface area contributed by atoms with Crippen LogP contribution in [0.15, 0.2) is 0 Å². The van der Waals surface area contributed by atoms with Gasteiger partial charge in [0, 0.05) is 6.61 Å². The average molecular weight is 495 g/mol. The van der Waals surface area contributed by atoms with E-state index in [2.05, 4.69) is 13.8 Å². The van der Waals surface area contributed by atoms with Crippen molar-refractivity contribution < 1.29 is 5.11 Å². The Morgan fingerprint density at radius 2 is 0.514 bits per heavy atom. The van der Waals surface area contributed by atoms with Gasteiger partial charge >= 0.3 is 0 Å². The molecule has 0 bridgehead atoms. The SMILES string of the molecule is CCCCCCCCCCCCCCCCCC(CO)CCCCCCCCCCCCCCC. The summed E-state index contributed by atoms with van der Waals surface area (Å²) in [6.45, 7) is 5.01. The first-order valence-electron chi connectivity index (χ1n) is 17.0. The van der Waals surface area contributed by atoms with Gasteiger partial charge in [-0.2, -0.15) is 0 Å². The number of hydrogen-bond donors (Lipinski definition) is 1. The average Bonchev–Trinajstić information content (AvgIpc) is 2.87. The first kappa shape index (κ1) is 35.0. The monoisotopic (exact) mass is 495 g/mol. The van der Waals surface area contributed by atoms with Crippen LogP contribution in [-0.2, 0) is 0 Å². The molecule has 35 heavy (non-hydrogen) atoms. The Balaban J connectivity index is 3.25. The number of aliphatic hydroxyl groups excluding tert-OH is 1. The highest BCUT2D eigenvalue weighted by Gasteiger charge is 2.07. The molecule has 1 atom stereocenters. The molecule has 1 heteroatoms. The highest BCUT2D eigenvalue weighted by molar-refractivity contribution is 4.60. The molecule has 0 radical (unpaired) electrons. The summed E-state index contributed by atoms with van der Waals surface area (Å²) in [5.41, 5.74) is 0. The van der Waals surface area contributed by atoms with E-state index in [1.54, 1.807) is 0 Å². The molecule has 0 fully saturated rings. The maximum Gasteiger partial charge on any atom is 0.0459 e. The summed E-state index contributed by atoms with van der Waals surface area (Å²) < 4.78 is 0. The summed E-state index contributed by atoms with van der Waals surface area (Å²) in [7, 11) is 0. The molecular formula is C34H70O. The summed E-state index contributed by atoms with van der Waals surface area (Å²) in [5, 5.41) is 9.73. The number of unbranched alkanes of at least 4 members (excludes halogenated alkanes) is 26. The predicted octanol–water partition coefficient (Wildman–Crippen LogP) is 12.3. The Morgan fingerprint density at radius 3 is 0.714 bits per heavy atom. The van der Waals surface area contributed by atoms with Gasteiger partial charge in [0.25, 0.3) is 0 Å². The van der Waals surface area contributed by atoms with Crippen LogP contribution >= 0.6 is 0 Å². The van der Waals surface area contributed by atoms with Crippen molar-refractivity contribution in [2.45, 2.75) is 206 Å². The molecule has 1 nitrogen and oxygen atoms in total. The highest BCUT2D eigenvalue weighted by atomic mass is 16.3. The standard InChI is InChI=1S/C34H70O/c1-3-5-7-9-11-13-15-17-18-20-22-24-26-28-30-32-34(33-35)31-29-27-25-23-21-19-16-14-12-10-8-6-4-2/h34-35H,3-33H2,1-2H3. The van der Waals surface area contributed by atoms with E-state index >= 15 is 0 Å². The normalized spacial score (nSPS) is 12.4. The van der Waals surface area contributed by atoms with Crippen molar-refractivity contribution in [3.63, 3.8) is 0 Å². The molecule has 0 saturated carbocycles. The van der Waals surface area contributed by atoms with Gasteiger partial charge in [-0.05, 0) is 18.8 Å². The summed E-state index contributed by atoms with van der Waals surface area (Å²) in [5.74, 6) is 0.574. The molecule has 0 aliphatic heterocycles. The molecule has 0 aliphatic rings. The van der Waals surface area contributed by atoms with Crippen molar-refractivity contribution in [2.24, 2.45) is 5.92 Å². The van der Waals surface area contributed by atoms with E-state index in [1.807, 2.05) is 0 Å². The van der Waals surface area contributed by atoms with Crippen molar-refractivity contribution in [3.8, 4) is 0 Å². The van der Waals surface area contributed by atoms with E-state index in [0.717, 1.165) is 0 Å². The summed E-state index contributed by atoms with van der Waals surface area (Å²) in [4.78, 5) is 0. The van der Waals surface area contributed by atoms with Crippen LogP contribution in [-0.4, -0.2) is 11.7 Å². The minimum Gasteiger partial charge on any atom is -0.396 e. The zero-order valence-electron chi connectivity index (χ0n) is 24.9. The van der Waals surface area contributed by atoms with Crippen LogP contribution in [0.5, 0.6) is 0 Å². The Labute approximate surface area is 224 Å². The predicted molar refractivity (Wildman–Crippen MR) is 160 cm³/mol. The zero-order chi connectivity index (χ0) is 25.5. The molecular weight excluding hydrogens is 424 g/mol. The maximum absolute atomic E-state index is 9.73. The van der Waals surface area contributed by atoms with E-state index in [0.29, 0.717) is 12.5 Å². The summed E-state index contributed by atoms with van der Waals surface area (Å²) >= 11 is 0. The van der Waals surface area contributed by atoms with Crippen LogP contribution in [0.2, 0.25) is 0 Å². The third kappa shape index (κ3) is 30.1. The van der Waals surface area contributed by atoms with Crippen molar-refractivity contribution in [1.82, 2.24) is 0 Å². The van der Waals surface area contributed by atoms with Gasteiger partial charge in [0.2, 0.25) is 0 Å². The molecule has 0 aromatic carbocycles. The topological polar surface area (TPSA) is 20.2 Å². The Kier molecular flexibility index (Phi) is 32.0. The Hall–Kier alpha value is -0.0400. The van der Waals surface area contributed by atoms with Crippen LogP contribution in [0.3, 0.4) is 0 Å². The largest absolute Gasteiger partial charge is 0.396 e. The van der Waals surface area contributed by atoms with Gasteiger partial charge in [-0.25, -0.2) is 0 Å². The maximum atomic E-state index is 9.73. The number of hydrogen-bond acceptors (Lipinski definition) is 1. The third-order valence-corrected chi connectivity index (χ3v) is 8.19. The molecule has 1 unspecified atom stereocenters. The van der Waals surface area contributed by atoms with E-state index in [4.69, 9.17) is 0 Å². The Bertz CT molecular complexity index is 352. The van der Waals surface area contributed by atoms with Gasteiger partial charge in [-0.3, -0.25) is 0 Å². The van der Waals surface area contributed by atoms with Crippen molar-refractivity contribution in [1.29, 1.82) is 0 Å². The molecule has 0 amide bonds. The smallest absolute Gasteiger partial charge is 0.0459 e. The second-order valence-electron chi connectivity index (χ2n) is 11.8. The van der Waals surface area contributed by atoms with Gasteiger partial charge < -0.3 is 5.11 Å². The van der Waals surface area contributed by atoms with Crippen molar-refractivity contribution in [2.75, 3.05) is 6.61 Å². The van der Waals surface area contributed by atoms with Gasteiger partial charge in [0.05, 0.1) is 0 Å². The lowest BCUT2D eigenvalue weighted by Gasteiger charge is -2.13. The summed E-state index contributed by atoms with van der Waals surface area (Å²) in [6, 6.07) is 0. The number of rotatable bonds is 31. The van der Waals surface area contributed by atoms with Crippen LogP contribution in [0.25, 0.3) is 0 Å².